The summed E-state index contributed by atoms with van der Waals surface area (Å²) in [6, 6.07) is 0. The molecule has 0 bridgehead atoms. The van der Waals surface area contributed by atoms with E-state index in [0.717, 1.165) is 0 Å². The molecule has 0 atom stereocenters. The van der Waals surface area contributed by atoms with E-state index in [-0.39, 0.29) is 87.1 Å². The zero-order valence-electron chi connectivity index (χ0n) is 4.58. The third-order valence-electron chi connectivity index (χ3n) is 0. The predicted octanol–water partition coefficient (Wildman–Crippen LogP) is -3.69. The first-order chi connectivity index (χ1) is 0. The zero-order chi connectivity index (χ0) is 0. The van der Waals surface area contributed by atoms with Crippen LogP contribution in [-0.2, 0) is 17.1 Å². The van der Waals surface area contributed by atoms with Crippen LogP contribution in [0.25, 0.3) is 0 Å². The Balaban J connectivity index is 0. The Morgan fingerprint density at radius 1 is 0.300 bits per heavy atom. The van der Waals surface area contributed by atoms with E-state index in [0.29, 0.717) is 0 Å². The van der Waals surface area contributed by atoms with Gasteiger partial charge in [0, 0.05) is 17.1 Å². The predicted molar refractivity (Wildman–Crippen MR) is 43.4 cm³/mol. The molecule has 0 fully saturated rings. The van der Waals surface area contributed by atoms with Gasteiger partial charge in [0.2, 0.25) is 0 Å². The molecule has 0 saturated heterocycles. The molecule has 0 aromatic carbocycles. The Labute approximate surface area is 87.3 Å². The molecular weight excluding hydrogens is 258 g/mol. The van der Waals surface area contributed by atoms with Crippen LogP contribution >= 0.6 is 37.2 Å². The molecule has 0 rings (SSSR count). The van der Waals surface area contributed by atoms with Crippen molar-refractivity contribution in [3.8, 4) is 0 Å². The van der Waals surface area contributed by atoms with Crippen molar-refractivity contribution < 1.29 is 49.9 Å². The zero-order valence-corrected chi connectivity index (χ0v) is 8.13. The molecule has 0 saturated carbocycles. The van der Waals surface area contributed by atoms with E-state index in [2.05, 4.69) is 0 Å². The second-order valence-corrected chi connectivity index (χ2v) is 0. The minimum absolute atomic E-state index is 0. The molecule has 80 valence electrons. The fourth-order valence-electron chi connectivity index (χ4n) is 0. The first-order valence-corrected chi connectivity index (χ1v) is 0. The summed E-state index contributed by atoms with van der Waals surface area (Å²) in [4.78, 5) is 0. The first kappa shape index (κ1) is 869. The van der Waals surface area contributed by atoms with Gasteiger partial charge in [0.05, 0.1) is 0 Å². The maximum Gasteiger partial charge on any atom is 0 e. The van der Waals surface area contributed by atoms with E-state index in [1.54, 1.807) is 0 Å². The van der Waals surface area contributed by atoms with E-state index in [1.165, 1.54) is 0 Å². The average Bonchev–Trinajstić information content (AvgIpc) is 0. The molecule has 12 N–H and O–H groups in total. The molecule has 0 unspecified atom stereocenters. The van der Waals surface area contributed by atoms with Gasteiger partial charge in [-0.25, -0.2) is 0 Å². The van der Waals surface area contributed by atoms with E-state index < -0.39 is 0 Å². The molecule has 0 aliphatic heterocycles. The fraction of sp³-hybridized carbons (Fsp3) is 0. The van der Waals surface area contributed by atoms with Crippen LogP contribution in [0.1, 0.15) is 0 Å². The number of rotatable bonds is 0. The van der Waals surface area contributed by atoms with Gasteiger partial charge in [-0.15, -0.1) is 37.2 Å². The van der Waals surface area contributed by atoms with Crippen molar-refractivity contribution in [3.05, 3.63) is 0 Å². The van der Waals surface area contributed by atoms with Crippen LogP contribution in [0.2, 0.25) is 0 Å². The monoisotopic (exact) mass is 272 g/mol. The Kier molecular flexibility index (Phi) is 55900. The Morgan fingerprint density at radius 2 is 0.300 bits per heavy atom. The SMILES string of the molecule is Cl.Cl.Cl.O.O.O.O.O.O.[Fe]. The van der Waals surface area contributed by atoms with Crippen molar-refractivity contribution >= 4 is 37.2 Å². The molecular formula is H15Cl3FeO6. The molecule has 0 aliphatic carbocycles. The normalized spacial score (nSPS) is 0. The maximum absolute atomic E-state index is 0. The van der Waals surface area contributed by atoms with Gasteiger partial charge in [-0.05, 0) is 0 Å². The summed E-state index contributed by atoms with van der Waals surface area (Å²) in [5, 5.41) is 0. The van der Waals surface area contributed by atoms with Crippen molar-refractivity contribution in [1.29, 1.82) is 0 Å². The summed E-state index contributed by atoms with van der Waals surface area (Å²) in [6.45, 7) is 0. The fourth-order valence-corrected chi connectivity index (χ4v) is 0. The maximum atomic E-state index is 0. The van der Waals surface area contributed by atoms with Gasteiger partial charge in [-0.1, -0.05) is 0 Å². The smallest absolute Gasteiger partial charge is 0 e. The molecule has 0 heterocycles. The van der Waals surface area contributed by atoms with Gasteiger partial charge >= 0.3 is 0 Å². The minimum Gasteiger partial charge on any atom is -0.412 e. The summed E-state index contributed by atoms with van der Waals surface area (Å²) in [5.41, 5.74) is 0. The third-order valence-corrected chi connectivity index (χ3v) is 0. The summed E-state index contributed by atoms with van der Waals surface area (Å²) in [5.74, 6) is 0. The molecule has 0 aromatic heterocycles. The van der Waals surface area contributed by atoms with Crippen LogP contribution < -0.4 is 0 Å². The quantitative estimate of drug-likeness (QED) is 0.393. The van der Waals surface area contributed by atoms with E-state index >= 15 is 0 Å². The average molecular weight is 273 g/mol. The molecule has 0 amide bonds. The van der Waals surface area contributed by atoms with Crippen LogP contribution in [-0.4, -0.2) is 32.9 Å². The van der Waals surface area contributed by atoms with Gasteiger partial charge in [0.25, 0.3) is 0 Å². The molecule has 0 spiro atoms. The summed E-state index contributed by atoms with van der Waals surface area (Å²) in [6.07, 6.45) is 0. The van der Waals surface area contributed by atoms with Gasteiger partial charge < -0.3 is 32.9 Å². The van der Waals surface area contributed by atoms with Crippen LogP contribution in [0.15, 0.2) is 0 Å². The first-order valence-electron chi connectivity index (χ1n) is 0. The van der Waals surface area contributed by atoms with Gasteiger partial charge in [-0.2, -0.15) is 0 Å². The molecule has 10 heteroatoms. The van der Waals surface area contributed by atoms with Crippen molar-refractivity contribution in [2.75, 3.05) is 0 Å². The second-order valence-electron chi connectivity index (χ2n) is 0. The summed E-state index contributed by atoms with van der Waals surface area (Å²) in [7, 11) is 0. The van der Waals surface area contributed by atoms with Crippen molar-refractivity contribution in [2.24, 2.45) is 0 Å². The van der Waals surface area contributed by atoms with Crippen molar-refractivity contribution in [2.45, 2.75) is 0 Å². The van der Waals surface area contributed by atoms with Crippen molar-refractivity contribution in [3.63, 3.8) is 0 Å². The summed E-state index contributed by atoms with van der Waals surface area (Å²) >= 11 is 0. The number of hydrogen-bond acceptors (Lipinski definition) is 0. The molecule has 10 heavy (non-hydrogen) atoms. The van der Waals surface area contributed by atoms with Crippen LogP contribution in [0.5, 0.6) is 0 Å². The molecule has 0 aliphatic rings. The second kappa shape index (κ2) is 643. The molecule has 6 nitrogen and oxygen atoms in total. The third kappa shape index (κ3) is 460. The standard InChI is InChI=1S/3ClH.Fe.6H2O/h3*1H;;6*1H2. The van der Waals surface area contributed by atoms with Crippen LogP contribution in [0, 0.1) is 0 Å². The van der Waals surface area contributed by atoms with Gasteiger partial charge in [-0.3, -0.25) is 0 Å². The molecule has 0 aromatic rings. The Morgan fingerprint density at radius 3 is 0.300 bits per heavy atom. The van der Waals surface area contributed by atoms with E-state index in [9.17, 15) is 0 Å². The Bertz CT molecular complexity index is 13.0. The van der Waals surface area contributed by atoms with E-state index in [4.69, 9.17) is 0 Å². The Hall–Kier alpha value is 1.15. The minimum atomic E-state index is 0. The van der Waals surface area contributed by atoms with Crippen LogP contribution in [0.3, 0.4) is 0 Å². The van der Waals surface area contributed by atoms with Gasteiger partial charge in [0.1, 0.15) is 0 Å². The van der Waals surface area contributed by atoms with Crippen molar-refractivity contribution in [1.82, 2.24) is 0 Å². The largest absolute Gasteiger partial charge is 0.412 e. The number of hydrogen-bond donors (Lipinski definition) is 0. The van der Waals surface area contributed by atoms with Crippen LogP contribution in [0.4, 0.5) is 0 Å². The summed E-state index contributed by atoms with van der Waals surface area (Å²) < 4.78 is 0. The van der Waals surface area contributed by atoms with E-state index in [1.807, 2.05) is 0 Å². The molecule has 0 radical (unpaired) electrons. The number of halogens is 3. The van der Waals surface area contributed by atoms with Gasteiger partial charge in [0.15, 0.2) is 0 Å². The topological polar surface area (TPSA) is 189 Å².